The zero-order valence-corrected chi connectivity index (χ0v) is 17.2. The van der Waals surface area contributed by atoms with Gasteiger partial charge in [-0.1, -0.05) is 6.07 Å². The third-order valence-electron chi connectivity index (χ3n) is 4.90. The quantitative estimate of drug-likeness (QED) is 0.560. The monoisotopic (exact) mass is 425 g/mol. The Labute approximate surface area is 177 Å². The average molecular weight is 426 g/mol. The highest BCUT2D eigenvalue weighted by molar-refractivity contribution is 7.80. The number of fused-ring (bicyclic) bond motifs is 3. The van der Waals surface area contributed by atoms with Crippen LogP contribution in [0.25, 0.3) is 11.3 Å². The maximum atomic E-state index is 12.9. The molecule has 7 nitrogen and oxygen atoms in total. The Kier molecular flexibility index (Phi) is 4.86. The molecule has 0 unspecified atom stereocenters. The lowest BCUT2D eigenvalue weighted by Gasteiger charge is -2.26. The van der Waals surface area contributed by atoms with Crippen molar-refractivity contribution in [3.8, 4) is 17.0 Å². The first kappa shape index (κ1) is 18.4. The number of ether oxygens (including phenoxy) is 1. The summed E-state index contributed by atoms with van der Waals surface area (Å²) < 4.78 is 5.82. The summed E-state index contributed by atoms with van der Waals surface area (Å²) in [6.07, 6.45) is 1.67. The second-order valence-electron chi connectivity index (χ2n) is 6.86. The van der Waals surface area contributed by atoms with Gasteiger partial charge in [-0.3, -0.25) is 4.79 Å². The number of thiol groups is 1. The maximum Gasteiger partial charge on any atom is 0.264 e. The van der Waals surface area contributed by atoms with Crippen molar-refractivity contribution in [2.75, 3.05) is 31.5 Å². The number of hydrogen-bond acceptors (Lipinski definition) is 8. The number of carbonyl (C=O) groups excluding carboxylic acids is 1. The van der Waals surface area contributed by atoms with E-state index in [-0.39, 0.29) is 5.91 Å². The van der Waals surface area contributed by atoms with E-state index in [1.165, 1.54) is 11.3 Å². The minimum absolute atomic E-state index is 0.0745. The van der Waals surface area contributed by atoms with Crippen LogP contribution < -0.4 is 15.4 Å². The second-order valence-corrected chi connectivity index (χ2v) is 8.51. The Bertz CT molecular complexity index is 1080. The molecular formula is C20H19N5O2S2. The van der Waals surface area contributed by atoms with Gasteiger partial charge in [0.1, 0.15) is 12.3 Å². The van der Waals surface area contributed by atoms with Crippen LogP contribution in [0.15, 0.2) is 41.4 Å². The van der Waals surface area contributed by atoms with Crippen molar-refractivity contribution < 1.29 is 9.53 Å². The van der Waals surface area contributed by atoms with E-state index in [2.05, 4.69) is 33.2 Å². The molecule has 5 rings (SSSR count). The number of piperazine rings is 1. The van der Waals surface area contributed by atoms with Crippen LogP contribution in [0.5, 0.6) is 5.75 Å². The van der Waals surface area contributed by atoms with Gasteiger partial charge in [0.2, 0.25) is 5.95 Å². The summed E-state index contributed by atoms with van der Waals surface area (Å²) in [4.78, 5) is 26.4. The number of amides is 1. The van der Waals surface area contributed by atoms with Gasteiger partial charge in [-0.05, 0) is 24.3 Å². The van der Waals surface area contributed by atoms with Crippen molar-refractivity contribution in [2.24, 2.45) is 0 Å². The fourth-order valence-electron chi connectivity index (χ4n) is 3.45. The number of benzene rings is 1. The molecule has 0 saturated carbocycles. The molecule has 4 heterocycles. The standard InChI is InChI=1S/C20H19N5O2S2/c26-19(25-6-4-21-5-7-25)16-9-14-17(29-16)11-27-15-10-22-20(24-18(14)15)23-12-2-1-3-13(28)8-12/h1-3,8-10,21,28H,4-7,11H2,(H,22,23,24). The highest BCUT2D eigenvalue weighted by Crippen LogP contribution is 2.41. The van der Waals surface area contributed by atoms with Gasteiger partial charge in [0, 0.05) is 42.3 Å². The first-order valence-electron chi connectivity index (χ1n) is 9.36. The van der Waals surface area contributed by atoms with E-state index in [0.717, 1.165) is 52.1 Å². The number of aromatic nitrogens is 2. The van der Waals surface area contributed by atoms with Crippen LogP contribution in [-0.2, 0) is 6.61 Å². The largest absolute Gasteiger partial charge is 0.484 e. The Balaban J connectivity index is 1.45. The van der Waals surface area contributed by atoms with Crippen LogP contribution in [0.3, 0.4) is 0 Å². The Hall–Kier alpha value is -2.62. The molecule has 2 aliphatic rings. The number of nitrogens with zero attached hydrogens (tertiary/aromatic N) is 3. The molecule has 0 bridgehead atoms. The van der Waals surface area contributed by atoms with Crippen LogP contribution in [0.1, 0.15) is 14.5 Å². The Morgan fingerprint density at radius 2 is 2.14 bits per heavy atom. The van der Waals surface area contributed by atoms with Gasteiger partial charge in [0.05, 0.1) is 16.0 Å². The highest BCUT2D eigenvalue weighted by Gasteiger charge is 2.27. The van der Waals surface area contributed by atoms with Crippen LogP contribution in [0.2, 0.25) is 0 Å². The Morgan fingerprint density at radius 3 is 2.97 bits per heavy atom. The lowest BCUT2D eigenvalue weighted by molar-refractivity contribution is 0.0740. The first-order chi connectivity index (χ1) is 14.2. The van der Waals surface area contributed by atoms with Crippen molar-refractivity contribution in [1.29, 1.82) is 0 Å². The smallest absolute Gasteiger partial charge is 0.264 e. The molecule has 0 radical (unpaired) electrons. The molecule has 29 heavy (non-hydrogen) atoms. The predicted octanol–water partition coefficient (Wildman–Crippen LogP) is 3.18. The number of carbonyl (C=O) groups is 1. The molecule has 2 aliphatic heterocycles. The first-order valence-corrected chi connectivity index (χ1v) is 10.6. The molecule has 1 saturated heterocycles. The SMILES string of the molecule is O=C(c1cc2c(s1)COc1cnc(Nc3cccc(S)c3)nc1-2)N1CCNCC1. The fraction of sp³-hybridized carbons (Fsp3) is 0.250. The van der Waals surface area contributed by atoms with Crippen LogP contribution >= 0.6 is 24.0 Å². The van der Waals surface area contributed by atoms with E-state index in [0.29, 0.717) is 24.0 Å². The van der Waals surface area contributed by atoms with E-state index in [1.807, 2.05) is 35.2 Å². The van der Waals surface area contributed by atoms with Gasteiger partial charge >= 0.3 is 0 Å². The zero-order valence-electron chi connectivity index (χ0n) is 15.5. The number of rotatable bonds is 3. The van der Waals surface area contributed by atoms with Gasteiger partial charge in [-0.15, -0.1) is 24.0 Å². The summed E-state index contributed by atoms with van der Waals surface area (Å²) in [7, 11) is 0. The van der Waals surface area contributed by atoms with Crippen LogP contribution in [0, 0.1) is 0 Å². The minimum atomic E-state index is 0.0745. The molecule has 148 valence electrons. The molecule has 9 heteroatoms. The molecule has 1 amide bonds. The molecule has 3 aromatic rings. The van der Waals surface area contributed by atoms with E-state index < -0.39 is 0 Å². The van der Waals surface area contributed by atoms with Gasteiger partial charge in [0.15, 0.2) is 5.75 Å². The number of anilines is 2. The van der Waals surface area contributed by atoms with Gasteiger partial charge in [-0.2, -0.15) is 0 Å². The molecule has 1 fully saturated rings. The van der Waals surface area contributed by atoms with Crippen molar-refractivity contribution in [3.05, 3.63) is 46.3 Å². The van der Waals surface area contributed by atoms with Crippen molar-refractivity contribution in [3.63, 3.8) is 0 Å². The van der Waals surface area contributed by atoms with Crippen LogP contribution in [0.4, 0.5) is 11.6 Å². The summed E-state index contributed by atoms with van der Waals surface area (Å²) in [5, 5.41) is 6.47. The van der Waals surface area contributed by atoms with Crippen molar-refractivity contribution in [2.45, 2.75) is 11.5 Å². The number of thiophene rings is 1. The second kappa shape index (κ2) is 7.66. The van der Waals surface area contributed by atoms with Gasteiger partial charge in [-0.25, -0.2) is 9.97 Å². The third kappa shape index (κ3) is 3.68. The third-order valence-corrected chi connectivity index (χ3v) is 6.27. The normalized spacial score (nSPS) is 15.3. The van der Waals surface area contributed by atoms with Gasteiger partial charge < -0.3 is 20.3 Å². The molecule has 2 N–H and O–H groups in total. The predicted molar refractivity (Wildman–Crippen MR) is 115 cm³/mol. The highest BCUT2D eigenvalue weighted by atomic mass is 32.1. The molecule has 1 aromatic carbocycles. The molecule has 0 spiro atoms. The summed E-state index contributed by atoms with van der Waals surface area (Å²) in [5.74, 6) is 1.18. The summed E-state index contributed by atoms with van der Waals surface area (Å²) >= 11 is 5.85. The topological polar surface area (TPSA) is 79.4 Å². The molecule has 0 aliphatic carbocycles. The lowest BCUT2D eigenvalue weighted by Crippen LogP contribution is -2.46. The average Bonchev–Trinajstić information content (AvgIpc) is 3.19. The van der Waals surface area contributed by atoms with E-state index in [4.69, 9.17) is 4.74 Å². The maximum absolute atomic E-state index is 12.9. The minimum Gasteiger partial charge on any atom is -0.484 e. The molecule has 2 aromatic heterocycles. The van der Waals surface area contributed by atoms with E-state index in [9.17, 15) is 4.79 Å². The van der Waals surface area contributed by atoms with Gasteiger partial charge in [0.25, 0.3) is 5.91 Å². The van der Waals surface area contributed by atoms with Crippen molar-refractivity contribution in [1.82, 2.24) is 20.2 Å². The lowest BCUT2D eigenvalue weighted by atomic mass is 10.1. The number of nitrogens with one attached hydrogen (secondary N) is 2. The zero-order chi connectivity index (χ0) is 19.8. The number of hydrogen-bond donors (Lipinski definition) is 3. The van der Waals surface area contributed by atoms with Crippen LogP contribution in [-0.4, -0.2) is 47.0 Å². The van der Waals surface area contributed by atoms with E-state index >= 15 is 0 Å². The van der Waals surface area contributed by atoms with E-state index in [1.54, 1.807) is 6.20 Å². The summed E-state index contributed by atoms with van der Waals surface area (Å²) in [6.45, 7) is 3.56. The van der Waals surface area contributed by atoms with Crippen molar-refractivity contribution >= 4 is 41.5 Å². The summed E-state index contributed by atoms with van der Waals surface area (Å²) in [5.41, 5.74) is 2.51. The fourth-order valence-corrected chi connectivity index (χ4v) is 4.72. The summed E-state index contributed by atoms with van der Waals surface area (Å²) in [6, 6.07) is 9.60. The Morgan fingerprint density at radius 1 is 1.28 bits per heavy atom. The molecular weight excluding hydrogens is 406 g/mol. The molecule has 0 atom stereocenters.